The fourth-order valence-corrected chi connectivity index (χ4v) is 2.90. The van der Waals surface area contributed by atoms with Gasteiger partial charge in [-0.3, -0.25) is 4.98 Å². The van der Waals surface area contributed by atoms with E-state index in [1.807, 2.05) is 12.1 Å². The lowest BCUT2D eigenvalue weighted by Crippen LogP contribution is -1.91. The number of nitrogens with zero attached hydrogens (tertiary/aromatic N) is 5. The zero-order chi connectivity index (χ0) is 15.1. The second-order valence-electron chi connectivity index (χ2n) is 4.57. The van der Waals surface area contributed by atoms with E-state index in [4.69, 9.17) is 0 Å². The number of rotatable bonds is 2. The molecule has 0 radical (unpaired) electrons. The smallest absolute Gasteiger partial charge is 0.235 e. The summed E-state index contributed by atoms with van der Waals surface area (Å²) in [6.45, 7) is 0. The van der Waals surface area contributed by atoms with Crippen LogP contribution in [-0.4, -0.2) is 35.0 Å². The first-order valence-electron chi connectivity index (χ1n) is 6.37. The summed E-state index contributed by atoms with van der Waals surface area (Å²) in [7, 11) is 0. The predicted molar refractivity (Wildman–Crippen MR) is 80.7 cm³/mol. The van der Waals surface area contributed by atoms with E-state index < -0.39 is 0 Å². The molecule has 0 aliphatic carbocycles. The molecule has 1 aromatic carbocycles. The minimum atomic E-state index is -0.184. The molecule has 3 heterocycles. The molecule has 0 bridgehead atoms. The second kappa shape index (κ2) is 4.78. The van der Waals surface area contributed by atoms with Gasteiger partial charge >= 0.3 is 0 Å². The van der Waals surface area contributed by atoms with Crippen molar-refractivity contribution in [3.05, 3.63) is 42.7 Å². The van der Waals surface area contributed by atoms with Crippen LogP contribution in [0.4, 0.5) is 0 Å². The topological polar surface area (TPSA) is 96.4 Å². The Hall–Kier alpha value is -3.00. The molecule has 0 atom stereocenters. The molecule has 22 heavy (non-hydrogen) atoms. The molecule has 0 unspecified atom stereocenters. The average Bonchev–Trinajstić information content (AvgIpc) is 3.11. The van der Waals surface area contributed by atoms with Crippen LogP contribution in [0.5, 0.6) is 11.5 Å². The Bertz CT molecular complexity index is 964. The van der Waals surface area contributed by atoms with Crippen LogP contribution in [0.3, 0.4) is 0 Å². The van der Waals surface area contributed by atoms with Crippen molar-refractivity contribution in [2.24, 2.45) is 0 Å². The van der Waals surface area contributed by atoms with Crippen molar-refractivity contribution in [3.63, 3.8) is 0 Å². The van der Waals surface area contributed by atoms with Gasteiger partial charge < -0.3 is 10.2 Å². The highest BCUT2D eigenvalue weighted by molar-refractivity contribution is 7.19. The number of phenolic OH excluding ortho intramolecular Hbond substituents is 2. The number of hydrogen-bond donors (Lipinski definition) is 2. The SMILES string of the molecule is Oc1ccc(-c2nn3c(-c4cccnc4)nnc3s2)cc1O. The summed E-state index contributed by atoms with van der Waals surface area (Å²) in [5, 5.41) is 32.4. The number of pyridine rings is 1. The van der Waals surface area contributed by atoms with Crippen LogP contribution in [-0.2, 0) is 0 Å². The van der Waals surface area contributed by atoms with Gasteiger partial charge in [0.15, 0.2) is 17.3 Å². The van der Waals surface area contributed by atoms with E-state index in [9.17, 15) is 10.2 Å². The monoisotopic (exact) mass is 311 g/mol. The van der Waals surface area contributed by atoms with Crippen LogP contribution in [0.25, 0.3) is 26.9 Å². The Morgan fingerprint density at radius 3 is 2.68 bits per heavy atom. The first kappa shape index (κ1) is 12.7. The van der Waals surface area contributed by atoms with Crippen molar-refractivity contribution < 1.29 is 10.2 Å². The fraction of sp³-hybridized carbons (Fsp3) is 0. The number of aromatic hydroxyl groups is 2. The van der Waals surface area contributed by atoms with E-state index >= 15 is 0 Å². The van der Waals surface area contributed by atoms with Crippen molar-refractivity contribution in [2.75, 3.05) is 0 Å². The average molecular weight is 311 g/mol. The Labute approximate surface area is 128 Å². The van der Waals surface area contributed by atoms with Crippen LogP contribution in [0.15, 0.2) is 42.7 Å². The Morgan fingerprint density at radius 1 is 1.00 bits per heavy atom. The zero-order valence-electron chi connectivity index (χ0n) is 11.1. The van der Waals surface area contributed by atoms with Crippen molar-refractivity contribution in [1.29, 1.82) is 0 Å². The van der Waals surface area contributed by atoms with E-state index in [0.717, 1.165) is 5.56 Å². The molecule has 108 valence electrons. The highest BCUT2D eigenvalue weighted by Gasteiger charge is 2.15. The lowest BCUT2D eigenvalue weighted by molar-refractivity contribution is 0.404. The van der Waals surface area contributed by atoms with Gasteiger partial charge in [0.05, 0.1) is 0 Å². The maximum atomic E-state index is 9.60. The lowest BCUT2D eigenvalue weighted by atomic mass is 10.2. The summed E-state index contributed by atoms with van der Waals surface area (Å²) in [6, 6.07) is 8.28. The third-order valence-corrected chi connectivity index (χ3v) is 4.08. The van der Waals surface area contributed by atoms with Crippen molar-refractivity contribution >= 4 is 16.3 Å². The molecule has 4 rings (SSSR count). The van der Waals surface area contributed by atoms with E-state index in [1.54, 1.807) is 23.0 Å². The fourth-order valence-electron chi connectivity index (χ4n) is 2.07. The maximum absolute atomic E-state index is 9.60. The van der Waals surface area contributed by atoms with Crippen molar-refractivity contribution in [3.8, 4) is 33.5 Å². The first-order chi connectivity index (χ1) is 10.7. The van der Waals surface area contributed by atoms with E-state index in [1.165, 1.54) is 23.5 Å². The largest absolute Gasteiger partial charge is 0.504 e. The number of benzene rings is 1. The highest BCUT2D eigenvalue weighted by atomic mass is 32.1. The molecule has 0 fully saturated rings. The Balaban J connectivity index is 1.85. The molecule has 7 nitrogen and oxygen atoms in total. The second-order valence-corrected chi connectivity index (χ2v) is 5.53. The molecular formula is C14H9N5O2S. The predicted octanol–water partition coefficient (Wildman–Crippen LogP) is 2.33. The minimum Gasteiger partial charge on any atom is -0.504 e. The van der Waals surface area contributed by atoms with E-state index in [0.29, 0.717) is 21.4 Å². The summed E-state index contributed by atoms with van der Waals surface area (Å²) in [5.74, 6) is 0.257. The van der Waals surface area contributed by atoms with Crippen molar-refractivity contribution in [2.45, 2.75) is 0 Å². The molecule has 0 aliphatic heterocycles. The standard InChI is InChI=1S/C14H9N5O2S/c20-10-4-3-8(6-11(10)21)13-18-19-12(16-17-14(19)22-13)9-2-1-5-15-7-9/h1-7,20-21H. The molecule has 0 saturated heterocycles. The Morgan fingerprint density at radius 2 is 1.91 bits per heavy atom. The number of fused-ring (bicyclic) bond motifs is 1. The number of phenols is 2. The highest BCUT2D eigenvalue weighted by Crippen LogP contribution is 2.33. The first-order valence-corrected chi connectivity index (χ1v) is 7.19. The summed E-state index contributed by atoms with van der Waals surface area (Å²) in [4.78, 5) is 4.71. The summed E-state index contributed by atoms with van der Waals surface area (Å²) < 4.78 is 1.64. The van der Waals surface area contributed by atoms with Crippen LogP contribution < -0.4 is 0 Å². The molecule has 0 aliphatic rings. The van der Waals surface area contributed by atoms with Gasteiger partial charge in [0.25, 0.3) is 0 Å². The summed E-state index contributed by atoms with van der Waals surface area (Å²) >= 11 is 1.35. The van der Waals surface area contributed by atoms with Gasteiger partial charge in [-0.05, 0) is 30.3 Å². The van der Waals surface area contributed by atoms with E-state index in [2.05, 4.69) is 20.3 Å². The normalized spacial score (nSPS) is 11.1. The zero-order valence-corrected chi connectivity index (χ0v) is 11.9. The van der Waals surface area contributed by atoms with Crippen LogP contribution in [0.2, 0.25) is 0 Å². The quantitative estimate of drug-likeness (QED) is 0.552. The molecule has 3 aromatic heterocycles. The van der Waals surface area contributed by atoms with Gasteiger partial charge in [0.2, 0.25) is 4.96 Å². The van der Waals surface area contributed by atoms with Gasteiger partial charge in [-0.25, -0.2) is 0 Å². The van der Waals surface area contributed by atoms with Crippen LogP contribution in [0, 0.1) is 0 Å². The van der Waals surface area contributed by atoms with Crippen molar-refractivity contribution in [1.82, 2.24) is 24.8 Å². The van der Waals surface area contributed by atoms with Gasteiger partial charge in [0.1, 0.15) is 5.01 Å². The number of aromatic nitrogens is 5. The van der Waals surface area contributed by atoms with Gasteiger partial charge in [0, 0.05) is 23.5 Å². The third-order valence-electron chi connectivity index (χ3n) is 3.13. The molecule has 0 spiro atoms. The lowest BCUT2D eigenvalue weighted by Gasteiger charge is -1.99. The van der Waals surface area contributed by atoms with Gasteiger partial charge in [-0.15, -0.1) is 10.2 Å². The third kappa shape index (κ3) is 1.97. The van der Waals surface area contributed by atoms with Gasteiger partial charge in [-0.2, -0.15) is 9.61 Å². The molecule has 2 N–H and O–H groups in total. The van der Waals surface area contributed by atoms with E-state index in [-0.39, 0.29) is 11.5 Å². The maximum Gasteiger partial charge on any atom is 0.235 e. The van der Waals surface area contributed by atoms with Gasteiger partial charge in [-0.1, -0.05) is 11.3 Å². The minimum absolute atomic E-state index is 0.164. The number of hydrogen-bond acceptors (Lipinski definition) is 7. The Kier molecular flexibility index (Phi) is 2.76. The molecule has 0 saturated carbocycles. The van der Waals surface area contributed by atoms with Crippen LogP contribution >= 0.6 is 11.3 Å². The molecule has 0 amide bonds. The molecule has 8 heteroatoms. The summed E-state index contributed by atoms with van der Waals surface area (Å²) in [5.41, 5.74) is 1.52. The molecular weight excluding hydrogens is 302 g/mol. The summed E-state index contributed by atoms with van der Waals surface area (Å²) in [6.07, 6.45) is 3.38. The van der Waals surface area contributed by atoms with Crippen LogP contribution in [0.1, 0.15) is 0 Å². The molecule has 4 aromatic rings.